The molecule has 1 unspecified atom stereocenters. The summed E-state index contributed by atoms with van der Waals surface area (Å²) >= 11 is 0. The number of hydrogen-bond donors (Lipinski definition) is 0. The van der Waals surface area contributed by atoms with Crippen molar-refractivity contribution in [3.05, 3.63) is 90.3 Å². The minimum Gasteiger partial charge on any atom is -0.360 e. The van der Waals surface area contributed by atoms with Crippen LogP contribution in [-0.2, 0) is 9.59 Å². The molecule has 2 aliphatic heterocycles. The first kappa shape index (κ1) is 16.7. The number of hydrogen-bond acceptors (Lipinski definition) is 4. The molecule has 28 heavy (non-hydrogen) atoms. The van der Waals surface area contributed by atoms with Gasteiger partial charge in [0.2, 0.25) is 5.91 Å². The molecule has 2 amide bonds. The fourth-order valence-electron chi connectivity index (χ4n) is 4.53. The third-order valence-electron chi connectivity index (χ3n) is 5.76. The summed E-state index contributed by atoms with van der Waals surface area (Å²) in [6.07, 6.45) is 1.75. The number of carbonyl (C=O) groups excluding carboxylic acids is 2. The number of carbonyl (C=O) groups is 2. The number of amides is 2. The number of para-hydroxylation sites is 1. The summed E-state index contributed by atoms with van der Waals surface area (Å²) in [6.45, 7) is 0. The number of pyridine rings is 1. The van der Waals surface area contributed by atoms with Gasteiger partial charge in [-0.05, 0) is 29.8 Å². The van der Waals surface area contributed by atoms with Gasteiger partial charge < -0.3 is 4.90 Å². The van der Waals surface area contributed by atoms with Gasteiger partial charge in [-0.15, -0.1) is 0 Å². The maximum atomic E-state index is 13.5. The Kier molecular flexibility index (Phi) is 3.76. The Balaban J connectivity index is 1.70. The fraction of sp³-hybridized carbons (Fsp3) is 0.174. The molecule has 138 valence electrons. The minimum atomic E-state index is -0.547. The quantitative estimate of drug-likeness (QED) is 0.651. The molecule has 5 heteroatoms. The van der Waals surface area contributed by atoms with Crippen molar-refractivity contribution in [3.63, 3.8) is 0 Å². The van der Waals surface area contributed by atoms with Gasteiger partial charge in [0, 0.05) is 19.2 Å². The van der Waals surface area contributed by atoms with Crippen LogP contribution in [0, 0.1) is 5.92 Å². The molecule has 1 aromatic heterocycles. The molecule has 5 rings (SSSR count). The van der Waals surface area contributed by atoms with Crippen molar-refractivity contribution in [1.82, 2.24) is 4.98 Å². The van der Waals surface area contributed by atoms with E-state index in [2.05, 4.69) is 4.98 Å². The van der Waals surface area contributed by atoms with Crippen molar-refractivity contribution in [2.75, 3.05) is 16.8 Å². The van der Waals surface area contributed by atoms with E-state index in [1.165, 1.54) is 4.90 Å². The van der Waals surface area contributed by atoms with Gasteiger partial charge in [0.15, 0.2) is 0 Å². The van der Waals surface area contributed by atoms with Crippen molar-refractivity contribution in [1.29, 1.82) is 0 Å². The van der Waals surface area contributed by atoms with E-state index in [0.717, 1.165) is 16.9 Å². The third kappa shape index (κ3) is 2.29. The van der Waals surface area contributed by atoms with E-state index in [4.69, 9.17) is 0 Å². The maximum absolute atomic E-state index is 13.5. The lowest BCUT2D eigenvalue weighted by atomic mass is 9.76. The molecule has 3 aromatic rings. The van der Waals surface area contributed by atoms with Crippen LogP contribution in [0.15, 0.2) is 79.0 Å². The van der Waals surface area contributed by atoms with Gasteiger partial charge in [0.25, 0.3) is 5.91 Å². The van der Waals surface area contributed by atoms with Gasteiger partial charge >= 0.3 is 0 Å². The Morgan fingerprint density at radius 1 is 0.821 bits per heavy atom. The molecule has 0 saturated carbocycles. The molecule has 1 saturated heterocycles. The largest absolute Gasteiger partial charge is 0.360 e. The van der Waals surface area contributed by atoms with E-state index in [1.807, 2.05) is 72.6 Å². The Morgan fingerprint density at radius 2 is 1.50 bits per heavy atom. The Morgan fingerprint density at radius 3 is 2.21 bits per heavy atom. The molecular weight excluding hydrogens is 350 g/mol. The lowest BCUT2D eigenvalue weighted by Crippen LogP contribution is -2.48. The molecule has 0 spiro atoms. The zero-order chi connectivity index (χ0) is 19.3. The molecule has 2 aromatic carbocycles. The average molecular weight is 369 g/mol. The van der Waals surface area contributed by atoms with E-state index in [0.29, 0.717) is 5.69 Å². The number of nitrogens with zero attached hydrogens (tertiary/aromatic N) is 3. The van der Waals surface area contributed by atoms with Gasteiger partial charge in [-0.2, -0.15) is 0 Å². The van der Waals surface area contributed by atoms with Crippen LogP contribution in [0.3, 0.4) is 0 Å². The standard InChI is InChI=1S/C23H19N3O2/c1-25-17-13-8-14-24-20(17)18(15-9-4-2-5-10-15)19-21(25)23(28)26(22(19)27)16-11-6-3-7-12-16/h2-14,18-19,21H,1H3/t18?,19-,21+/m0/s1. The van der Waals surface area contributed by atoms with Crippen molar-refractivity contribution in [2.45, 2.75) is 12.0 Å². The Labute approximate surface area is 163 Å². The van der Waals surface area contributed by atoms with E-state index in [1.54, 1.807) is 18.3 Å². The van der Waals surface area contributed by atoms with Crippen LogP contribution in [0.5, 0.6) is 0 Å². The molecule has 1 fully saturated rings. The van der Waals surface area contributed by atoms with Crippen molar-refractivity contribution in [2.24, 2.45) is 5.92 Å². The molecule has 2 aliphatic rings. The Bertz CT molecular complexity index is 1050. The lowest BCUT2D eigenvalue weighted by Gasteiger charge is -2.39. The first-order chi connectivity index (χ1) is 13.7. The summed E-state index contributed by atoms with van der Waals surface area (Å²) in [6, 6.07) is 22.3. The van der Waals surface area contributed by atoms with Gasteiger partial charge in [-0.25, -0.2) is 4.90 Å². The number of benzene rings is 2. The number of likely N-dealkylation sites (N-methyl/N-ethyl adjacent to an activating group) is 1. The van der Waals surface area contributed by atoms with Crippen molar-refractivity contribution >= 4 is 23.2 Å². The predicted octanol–water partition coefficient (Wildman–Crippen LogP) is 3.22. The monoisotopic (exact) mass is 369 g/mol. The van der Waals surface area contributed by atoms with Crippen molar-refractivity contribution < 1.29 is 9.59 Å². The second-order valence-corrected chi connectivity index (χ2v) is 7.23. The average Bonchev–Trinajstić information content (AvgIpc) is 3.00. The van der Waals surface area contributed by atoms with Gasteiger partial charge in [0.1, 0.15) is 6.04 Å². The summed E-state index contributed by atoms with van der Waals surface area (Å²) < 4.78 is 0. The number of rotatable bonds is 2. The zero-order valence-corrected chi connectivity index (χ0v) is 15.4. The summed E-state index contributed by atoms with van der Waals surface area (Å²) in [5, 5.41) is 0. The van der Waals surface area contributed by atoms with Crippen LogP contribution < -0.4 is 9.80 Å². The SMILES string of the molecule is CN1c2cccnc2C(c2ccccc2)[C@@H]2C(=O)N(c3ccccc3)C(=O)[C@@H]21. The molecule has 3 atom stereocenters. The summed E-state index contributed by atoms with van der Waals surface area (Å²) in [7, 11) is 1.87. The first-order valence-corrected chi connectivity index (χ1v) is 9.34. The van der Waals surface area contributed by atoms with E-state index >= 15 is 0 Å². The number of imide groups is 1. The molecule has 0 bridgehead atoms. The van der Waals surface area contributed by atoms with Crippen LogP contribution in [0.1, 0.15) is 17.2 Å². The second kappa shape index (κ2) is 6.30. The Hall–Kier alpha value is -3.47. The number of fused-ring (bicyclic) bond motifs is 2. The van der Waals surface area contributed by atoms with Gasteiger partial charge in [-0.3, -0.25) is 14.6 Å². The molecule has 5 nitrogen and oxygen atoms in total. The summed E-state index contributed by atoms with van der Waals surface area (Å²) in [5.74, 6) is -1.12. The van der Waals surface area contributed by atoms with Crippen LogP contribution in [0.25, 0.3) is 0 Å². The van der Waals surface area contributed by atoms with Crippen LogP contribution >= 0.6 is 0 Å². The highest BCUT2D eigenvalue weighted by atomic mass is 16.2. The number of anilines is 2. The fourth-order valence-corrected chi connectivity index (χ4v) is 4.53. The molecule has 3 heterocycles. The lowest BCUT2D eigenvalue weighted by molar-refractivity contribution is -0.122. The van der Waals surface area contributed by atoms with E-state index < -0.39 is 12.0 Å². The minimum absolute atomic E-state index is 0.168. The first-order valence-electron chi connectivity index (χ1n) is 9.34. The third-order valence-corrected chi connectivity index (χ3v) is 5.76. The molecule has 0 aliphatic carbocycles. The van der Waals surface area contributed by atoms with Gasteiger partial charge in [0.05, 0.1) is 23.0 Å². The second-order valence-electron chi connectivity index (χ2n) is 7.23. The normalized spacial score (nSPS) is 23.5. The summed E-state index contributed by atoms with van der Waals surface area (Å²) in [5.41, 5.74) is 3.35. The highest BCUT2D eigenvalue weighted by Gasteiger charge is 2.57. The number of aromatic nitrogens is 1. The summed E-state index contributed by atoms with van der Waals surface area (Å²) in [4.78, 5) is 34.8. The van der Waals surface area contributed by atoms with E-state index in [-0.39, 0.29) is 17.7 Å². The molecule has 0 radical (unpaired) electrons. The predicted molar refractivity (Wildman–Crippen MR) is 107 cm³/mol. The van der Waals surface area contributed by atoms with E-state index in [9.17, 15) is 9.59 Å². The zero-order valence-electron chi connectivity index (χ0n) is 15.4. The van der Waals surface area contributed by atoms with Crippen LogP contribution in [-0.4, -0.2) is 29.9 Å². The molecule has 0 N–H and O–H groups in total. The highest BCUT2D eigenvalue weighted by molar-refractivity contribution is 6.25. The highest BCUT2D eigenvalue weighted by Crippen LogP contribution is 2.48. The van der Waals surface area contributed by atoms with Crippen LogP contribution in [0.2, 0.25) is 0 Å². The maximum Gasteiger partial charge on any atom is 0.257 e. The molecular formula is C23H19N3O2. The van der Waals surface area contributed by atoms with Crippen molar-refractivity contribution in [3.8, 4) is 0 Å². The topological polar surface area (TPSA) is 53.5 Å². The smallest absolute Gasteiger partial charge is 0.257 e. The van der Waals surface area contributed by atoms with Gasteiger partial charge in [-0.1, -0.05) is 48.5 Å². The van der Waals surface area contributed by atoms with Crippen LogP contribution in [0.4, 0.5) is 11.4 Å².